The van der Waals surface area contributed by atoms with Gasteiger partial charge in [0, 0.05) is 24.5 Å². The Kier molecular flexibility index (Phi) is 11.9. The van der Waals surface area contributed by atoms with Crippen molar-refractivity contribution in [3.8, 4) is 0 Å². The third kappa shape index (κ3) is 9.23. The van der Waals surface area contributed by atoms with E-state index in [0.29, 0.717) is 22.2 Å². The number of hydrogen-bond donors (Lipinski definition) is 1. The molecule has 2 amide bonds. The van der Waals surface area contributed by atoms with E-state index in [1.54, 1.807) is 54.6 Å². The molecule has 0 heterocycles. The normalized spacial score (nSPS) is 12.0. The van der Waals surface area contributed by atoms with Crippen molar-refractivity contribution in [1.82, 2.24) is 10.2 Å². The van der Waals surface area contributed by atoms with Gasteiger partial charge in [0.15, 0.2) is 0 Å². The summed E-state index contributed by atoms with van der Waals surface area (Å²) in [6.45, 7) is 3.72. The highest BCUT2D eigenvalue weighted by Gasteiger charge is 2.34. The van der Waals surface area contributed by atoms with E-state index < -0.39 is 28.5 Å². The Morgan fingerprint density at radius 2 is 1.44 bits per heavy atom. The van der Waals surface area contributed by atoms with Crippen LogP contribution in [-0.4, -0.2) is 44.3 Å². The highest BCUT2D eigenvalue weighted by molar-refractivity contribution is 7.92. The van der Waals surface area contributed by atoms with Gasteiger partial charge in [-0.2, -0.15) is 0 Å². The molecule has 0 aliphatic carbocycles. The minimum absolute atomic E-state index is 0.00400. The summed E-state index contributed by atoms with van der Waals surface area (Å²) >= 11 is 18.8. The molecule has 1 atom stereocenters. The van der Waals surface area contributed by atoms with Crippen molar-refractivity contribution in [3.63, 3.8) is 0 Å². The maximum atomic E-state index is 14.5. The number of benzene rings is 4. The van der Waals surface area contributed by atoms with Gasteiger partial charge in [-0.15, -0.1) is 0 Å². The van der Waals surface area contributed by atoms with Crippen molar-refractivity contribution in [3.05, 3.63) is 129 Å². The third-order valence-electron chi connectivity index (χ3n) is 7.00. The first-order valence-corrected chi connectivity index (χ1v) is 16.9. The van der Waals surface area contributed by atoms with Gasteiger partial charge in [0.25, 0.3) is 10.0 Å². The SMILES string of the molecule is CC(C)CNC(=O)C(Cc1ccccc1)N(Cc1ccc(Cl)c(Cl)c1)C(=O)CN(c1cccc(Cl)c1)S(=O)(=O)c1ccccc1. The Balaban J connectivity index is 1.81. The predicted octanol–water partition coefficient (Wildman–Crippen LogP) is 7.25. The number of nitrogens with zero attached hydrogens (tertiary/aromatic N) is 2. The second-order valence-electron chi connectivity index (χ2n) is 10.9. The molecule has 7 nitrogen and oxygen atoms in total. The van der Waals surface area contributed by atoms with Crippen LogP contribution >= 0.6 is 34.8 Å². The first-order chi connectivity index (χ1) is 21.5. The Morgan fingerprint density at radius 1 is 0.778 bits per heavy atom. The zero-order valence-electron chi connectivity index (χ0n) is 24.9. The molecular weight excluding hydrogens is 653 g/mol. The number of sulfonamides is 1. The average molecular weight is 687 g/mol. The van der Waals surface area contributed by atoms with Crippen LogP contribution in [0.15, 0.2) is 108 Å². The number of anilines is 1. The van der Waals surface area contributed by atoms with Crippen LogP contribution in [0.1, 0.15) is 25.0 Å². The van der Waals surface area contributed by atoms with Crippen molar-refractivity contribution in [2.75, 3.05) is 17.4 Å². The number of amides is 2. The fourth-order valence-electron chi connectivity index (χ4n) is 4.69. The number of nitrogens with one attached hydrogen (secondary N) is 1. The molecule has 0 saturated heterocycles. The first-order valence-electron chi connectivity index (χ1n) is 14.3. The summed E-state index contributed by atoms with van der Waals surface area (Å²) < 4.78 is 29.0. The fraction of sp³-hybridized carbons (Fsp3) is 0.235. The second kappa shape index (κ2) is 15.6. The Hall–Kier alpha value is -3.56. The Bertz CT molecular complexity index is 1720. The smallest absolute Gasteiger partial charge is 0.264 e. The molecule has 11 heteroatoms. The van der Waals surface area contributed by atoms with Gasteiger partial charge < -0.3 is 10.2 Å². The fourth-order valence-corrected chi connectivity index (χ4v) is 6.62. The molecule has 1 unspecified atom stereocenters. The van der Waals surface area contributed by atoms with E-state index >= 15 is 0 Å². The van der Waals surface area contributed by atoms with Crippen molar-refractivity contribution in [2.45, 2.75) is 37.8 Å². The van der Waals surface area contributed by atoms with Crippen LogP contribution in [-0.2, 0) is 32.6 Å². The first kappa shape index (κ1) is 34.3. The van der Waals surface area contributed by atoms with E-state index in [0.717, 1.165) is 9.87 Å². The van der Waals surface area contributed by atoms with Gasteiger partial charge in [-0.3, -0.25) is 13.9 Å². The summed E-state index contributed by atoms with van der Waals surface area (Å²) in [7, 11) is -4.22. The molecule has 0 aliphatic rings. The van der Waals surface area contributed by atoms with E-state index in [2.05, 4.69) is 5.32 Å². The van der Waals surface area contributed by atoms with E-state index in [-0.39, 0.29) is 40.4 Å². The van der Waals surface area contributed by atoms with Crippen LogP contribution in [0, 0.1) is 5.92 Å². The molecule has 236 valence electrons. The van der Waals surface area contributed by atoms with Gasteiger partial charge in [-0.1, -0.05) is 109 Å². The minimum Gasteiger partial charge on any atom is -0.354 e. The van der Waals surface area contributed by atoms with Crippen molar-refractivity contribution in [2.24, 2.45) is 5.92 Å². The summed E-state index contributed by atoms with van der Waals surface area (Å²) in [6.07, 6.45) is 0.195. The molecule has 0 spiro atoms. The van der Waals surface area contributed by atoms with Crippen LogP contribution in [0.25, 0.3) is 0 Å². The summed E-state index contributed by atoms with van der Waals surface area (Å²) in [4.78, 5) is 29.7. The number of halogens is 3. The lowest BCUT2D eigenvalue weighted by molar-refractivity contribution is -0.140. The van der Waals surface area contributed by atoms with Crippen LogP contribution in [0.5, 0.6) is 0 Å². The minimum atomic E-state index is -4.22. The molecule has 0 bridgehead atoms. The summed E-state index contributed by atoms with van der Waals surface area (Å²) in [5.41, 5.74) is 1.66. The lowest BCUT2D eigenvalue weighted by atomic mass is 10.0. The van der Waals surface area contributed by atoms with E-state index in [1.165, 1.54) is 23.1 Å². The maximum Gasteiger partial charge on any atom is 0.264 e. The molecular formula is C34H34Cl3N3O4S. The molecule has 0 fully saturated rings. The van der Waals surface area contributed by atoms with E-state index in [1.807, 2.05) is 44.2 Å². The van der Waals surface area contributed by atoms with Crippen LogP contribution in [0.4, 0.5) is 5.69 Å². The molecule has 0 aliphatic heterocycles. The zero-order chi connectivity index (χ0) is 32.6. The third-order valence-corrected chi connectivity index (χ3v) is 9.76. The van der Waals surface area contributed by atoms with Crippen LogP contribution < -0.4 is 9.62 Å². The monoisotopic (exact) mass is 685 g/mol. The van der Waals surface area contributed by atoms with Crippen molar-refractivity contribution >= 4 is 62.3 Å². The van der Waals surface area contributed by atoms with Crippen LogP contribution in [0.2, 0.25) is 15.1 Å². The van der Waals surface area contributed by atoms with E-state index in [9.17, 15) is 18.0 Å². The van der Waals surface area contributed by atoms with Crippen molar-refractivity contribution < 1.29 is 18.0 Å². The van der Waals surface area contributed by atoms with Gasteiger partial charge in [0.05, 0.1) is 20.6 Å². The van der Waals surface area contributed by atoms with Gasteiger partial charge in [-0.25, -0.2) is 8.42 Å². The second-order valence-corrected chi connectivity index (χ2v) is 14.0. The molecule has 4 aromatic rings. The van der Waals surface area contributed by atoms with Gasteiger partial charge >= 0.3 is 0 Å². The lowest BCUT2D eigenvalue weighted by Gasteiger charge is -2.34. The number of carbonyl (C=O) groups is 2. The number of carbonyl (C=O) groups excluding carboxylic acids is 2. The molecule has 0 saturated carbocycles. The lowest BCUT2D eigenvalue weighted by Crippen LogP contribution is -2.53. The number of hydrogen-bond acceptors (Lipinski definition) is 4. The summed E-state index contributed by atoms with van der Waals surface area (Å²) in [5.74, 6) is -0.790. The topological polar surface area (TPSA) is 86.8 Å². The van der Waals surface area contributed by atoms with Crippen LogP contribution in [0.3, 0.4) is 0 Å². The van der Waals surface area contributed by atoms with Gasteiger partial charge in [-0.05, 0) is 59.5 Å². The molecule has 0 aromatic heterocycles. The molecule has 0 radical (unpaired) electrons. The highest BCUT2D eigenvalue weighted by atomic mass is 35.5. The Labute approximate surface area is 279 Å². The zero-order valence-corrected chi connectivity index (χ0v) is 28.0. The molecule has 1 N–H and O–H groups in total. The average Bonchev–Trinajstić information content (AvgIpc) is 3.02. The number of rotatable bonds is 13. The van der Waals surface area contributed by atoms with Gasteiger partial charge in [0.1, 0.15) is 12.6 Å². The largest absolute Gasteiger partial charge is 0.354 e. The quantitative estimate of drug-likeness (QED) is 0.161. The Morgan fingerprint density at radius 3 is 2.07 bits per heavy atom. The maximum absolute atomic E-state index is 14.5. The molecule has 45 heavy (non-hydrogen) atoms. The van der Waals surface area contributed by atoms with E-state index in [4.69, 9.17) is 34.8 Å². The standard InChI is InChI=1S/C34H34Cl3N3O4S/c1-24(2)21-38-34(42)32(19-25-10-5-3-6-11-25)39(22-26-16-17-30(36)31(37)18-26)33(41)23-40(28-13-9-12-27(35)20-28)45(43,44)29-14-7-4-8-15-29/h3-18,20,24,32H,19,21-23H2,1-2H3,(H,38,42). The predicted molar refractivity (Wildman–Crippen MR) is 181 cm³/mol. The molecule has 4 rings (SSSR count). The molecule has 4 aromatic carbocycles. The summed E-state index contributed by atoms with van der Waals surface area (Å²) in [5, 5.41) is 3.90. The highest BCUT2D eigenvalue weighted by Crippen LogP contribution is 2.28. The van der Waals surface area contributed by atoms with Crippen molar-refractivity contribution in [1.29, 1.82) is 0 Å². The summed E-state index contributed by atoms with van der Waals surface area (Å²) in [6, 6.07) is 27.4. The van der Waals surface area contributed by atoms with Gasteiger partial charge in [0.2, 0.25) is 11.8 Å².